The van der Waals surface area contributed by atoms with Crippen LogP contribution in [0.5, 0.6) is 5.95 Å². The summed E-state index contributed by atoms with van der Waals surface area (Å²) in [5.41, 5.74) is 4.81. The molecule has 1 aromatic heterocycles. The van der Waals surface area contributed by atoms with Crippen LogP contribution < -0.4 is 16.1 Å². The molecule has 0 bridgehead atoms. The first-order valence-electron chi connectivity index (χ1n) is 5.92. The van der Waals surface area contributed by atoms with E-state index < -0.39 is 5.63 Å². The lowest BCUT2D eigenvalue weighted by Crippen LogP contribution is -2.07. The maximum absolute atomic E-state index is 11.8. The van der Waals surface area contributed by atoms with Crippen LogP contribution >= 0.6 is 41.2 Å². The largest absolute Gasteiger partial charge is 0.464 e. The topological polar surface area (TPSA) is 77.8 Å². The molecule has 2 aromatic rings. The number of fused-ring (bicyclic) bond motifs is 1. The van der Waals surface area contributed by atoms with Crippen LogP contribution in [0.25, 0.3) is 10.8 Å². The number of hydrogen-bond acceptors (Lipinski definition) is 4. The van der Waals surface area contributed by atoms with Crippen molar-refractivity contribution in [1.29, 1.82) is 0 Å². The molecule has 0 aliphatic carbocycles. The summed E-state index contributed by atoms with van der Waals surface area (Å²) in [5, 5.41) is 1.55. The van der Waals surface area contributed by atoms with Crippen LogP contribution in [-0.2, 0) is 0 Å². The summed E-state index contributed by atoms with van der Waals surface area (Å²) in [4.78, 5) is 15.7. The van der Waals surface area contributed by atoms with Crippen LogP contribution in [0.3, 0.4) is 0 Å². The highest BCUT2D eigenvalue weighted by molar-refractivity contribution is 8.93. The molecule has 114 valence electrons. The Hall–Kier alpha value is -1.18. The number of benzene rings is 1. The molecular formula is C13H14BrClN2O3S. The van der Waals surface area contributed by atoms with Gasteiger partial charge in [0.25, 0.3) is 0 Å². The predicted molar refractivity (Wildman–Crippen MR) is 93.4 cm³/mol. The zero-order valence-corrected chi connectivity index (χ0v) is 14.3. The van der Waals surface area contributed by atoms with Gasteiger partial charge in [0, 0.05) is 18.4 Å². The van der Waals surface area contributed by atoms with E-state index in [0.717, 1.165) is 0 Å². The van der Waals surface area contributed by atoms with Gasteiger partial charge in [-0.1, -0.05) is 29.8 Å². The molecule has 0 atom stereocenters. The lowest BCUT2D eigenvalue weighted by molar-refractivity contribution is 0.231. The first kappa shape index (κ1) is 17.9. The number of rotatable bonds is 5. The summed E-state index contributed by atoms with van der Waals surface area (Å²) < 4.78 is 10.4. The molecule has 0 amide bonds. The summed E-state index contributed by atoms with van der Waals surface area (Å²) in [6, 6.07) is 6.94. The van der Waals surface area contributed by atoms with E-state index in [1.165, 1.54) is 0 Å². The van der Waals surface area contributed by atoms with Crippen molar-refractivity contribution in [1.82, 2.24) is 0 Å². The van der Waals surface area contributed by atoms with Crippen molar-refractivity contribution in [2.24, 2.45) is 10.7 Å². The number of nitrogens with zero attached hydrogens (tertiary/aromatic N) is 1. The zero-order chi connectivity index (χ0) is 14.5. The minimum atomic E-state index is -0.474. The van der Waals surface area contributed by atoms with Gasteiger partial charge in [-0.15, -0.1) is 29.6 Å². The summed E-state index contributed by atoms with van der Waals surface area (Å²) >= 11 is 10.0. The zero-order valence-electron chi connectivity index (χ0n) is 10.9. The Morgan fingerprint density at radius 2 is 2.05 bits per heavy atom. The van der Waals surface area contributed by atoms with Crippen LogP contribution in [0, 0.1) is 0 Å². The van der Waals surface area contributed by atoms with Gasteiger partial charge in [0.05, 0.1) is 12.0 Å². The van der Waals surface area contributed by atoms with Crippen molar-refractivity contribution in [2.45, 2.75) is 6.42 Å². The Morgan fingerprint density at radius 3 is 2.71 bits per heavy atom. The molecular weight excluding hydrogens is 380 g/mol. The lowest BCUT2D eigenvalue weighted by Gasteiger charge is -2.07. The third kappa shape index (κ3) is 4.66. The van der Waals surface area contributed by atoms with Crippen LogP contribution in [0.2, 0.25) is 5.02 Å². The number of amidine groups is 1. The number of aliphatic imine (C=N–C) groups is 1. The number of thiol groups is 1. The number of nitrogens with two attached hydrogens (primary N) is 1. The summed E-state index contributed by atoms with van der Waals surface area (Å²) in [7, 11) is 0. The Labute approximate surface area is 142 Å². The van der Waals surface area contributed by atoms with Gasteiger partial charge in [-0.2, -0.15) is 0 Å². The third-order valence-corrected chi connectivity index (χ3v) is 3.06. The van der Waals surface area contributed by atoms with Crippen LogP contribution in [0.4, 0.5) is 0 Å². The predicted octanol–water partition coefficient (Wildman–Crippen LogP) is 3.04. The van der Waals surface area contributed by atoms with Gasteiger partial charge >= 0.3 is 11.6 Å². The molecule has 5 nitrogen and oxygen atoms in total. The van der Waals surface area contributed by atoms with Crippen LogP contribution in [0.1, 0.15) is 6.42 Å². The molecule has 0 saturated heterocycles. The quantitative estimate of drug-likeness (QED) is 0.354. The summed E-state index contributed by atoms with van der Waals surface area (Å²) in [5.74, 6) is 0.0261. The van der Waals surface area contributed by atoms with Gasteiger partial charge in [-0.25, -0.2) is 4.79 Å². The van der Waals surface area contributed by atoms with Gasteiger partial charge in [0.1, 0.15) is 5.02 Å². The molecule has 0 aliphatic heterocycles. The van der Waals surface area contributed by atoms with E-state index in [9.17, 15) is 4.79 Å². The second-order valence-electron chi connectivity index (χ2n) is 3.98. The van der Waals surface area contributed by atoms with Gasteiger partial charge in [0.15, 0.2) is 5.17 Å². The highest BCUT2D eigenvalue weighted by atomic mass is 79.9. The molecule has 0 radical (unpaired) electrons. The van der Waals surface area contributed by atoms with Crippen molar-refractivity contribution in [3.8, 4) is 5.95 Å². The molecule has 0 aliphatic rings. The smallest absolute Gasteiger partial charge is 0.346 e. The normalized spacial score (nSPS) is 11.2. The Morgan fingerprint density at radius 1 is 1.38 bits per heavy atom. The van der Waals surface area contributed by atoms with Crippen molar-refractivity contribution in [2.75, 3.05) is 13.2 Å². The van der Waals surface area contributed by atoms with E-state index in [1.807, 2.05) is 0 Å². The van der Waals surface area contributed by atoms with Crippen LogP contribution in [-0.4, -0.2) is 18.3 Å². The van der Waals surface area contributed by atoms with Crippen molar-refractivity contribution < 1.29 is 9.15 Å². The molecule has 21 heavy (non-hydrogen) atoms. The van der Waals surface area contributed by atoms with E-state index in [1.54, 1.807) is 24.3 Å². The number of hydrogen-bond donors (Lipinski definition) is 2. The molecule has 0 fully saturated rings. The fraction of sp³-hybridized carbons (Fsp3) is 0.231. The van der Waals surface area contributed by atoms with Gasteiger partial charge in [0.2, 0.25) is 0 Å². The van der Waals surface area contributed by atoms with Crippen molar-refractivity contribution >= 4 is 57.2 Å². The standard InChI is InChI=1S/C13H13ClN2O3S.BrH/c14-10-8-4-1-2-5-9(8)11(17)19-12(10)18-7-3-6-16-13(15)20;/h1-2,4-5H,3,6-7H2,(H3,15,16,20);1H. The minimum Gasteiger partial charge on any atom is -0.464 e. The van der Waals surface area contributed by atoms with Crippen molar-refractivity contribution in [3.05, 3.63) is 39.7 Å². The molecule has 1 aromatic carbocycles. The van der Waals surface area contributed by atoms with Gasteiger partial charge in [-0.05, 0) is 6.07 Å². The number of halogens is 2. The second-order valence-corrected chi connectivity index (χ2v) is 4.81. The molecule has 2 N–H and O–H groups in total. The molecule has 2 rings (SSSR count). The molecule has 1 heterocycles. The maximum Gasteiger partial charge on any atom is 0.346 e. The minimum absolute atomic E-state index is 0. The third-order valence-electron chi connectivity index (χ3n) is 2.56. The Bertz CT molecular complexity index is 701. The monoisotopic (exact) mass is 392 g/mol. The SMILES string of the molecule is Br.NC(S)=NCCCOc1oc(=O)c2ccccc2c1Cl. The first-order valence-corrected chi connectivity index (χ1v) is 6.75. The summed E-state index contributed by atoms with van der Waals surface area (Å²) in [6.07, 6.45) is 0.605. The maximum atomic E-state index is 11.8. The average molecular weight is 394 g/mol. The summed E-state index contributed by atoms with van der Waals surface area (Å²) in [6.45, 7) is 0.788. The molecule has 0 spiro atoms. The van der Waals surface area contributed by atoms with Gasteiger partial charge in [-0.3, -0.25) is 4.99 Å². The molecule has 8 heteroatoms. The van der Waals surface area contributed by atoms with E-state index >= 15 is 0 Å². The van der Waals surface area contributed by atoms with Gasteiger partial charge < -0.3 is 14.9 Å². The second kappa shape index (κ2) is 8.31. The average Bonchev–Trinajstić information content (AvgIpc) is 2.43. The van der Waals surface area contributed by atoms with E-state index in [4.69, 9.17) is 26.5 Å². The fourth-order valence-corrected chi connectivity index (χ4v) is 2.02. The first-order chi connectivity index (χ1) is 9.59. The molecule has 0 saturated carbocycles. The lowest BCUT2D eigenvalue weighted by atomic mass is 10.2. The Balaban J connectivity index is 0.00000220. The van der Waals surface area contributed by atoms with E-state index in [-0.39, 0.29) is 33.1 Å². The van der Waals surface area contributed by atoms with E-state index in [2.05, 4.69) is 17.6 Å². The Kier molecular flexibility index (Phi) is 7.07. The molecule has 0 unspecified atom stereocenters. The highest BCUT2D eigenvalue weighted by Gasteiger charge is 2.12. The van der Waals surface area contributed by atoms with Crippen molar-refractivity contribution in [3.63, 3.8) is 0 Å². The van der Waals surface area contributed by atoms with Crippen LogP contribution in [0.15, 0.2) is 38.5 Å². The van der Waals surface area contributed by atoms with E-state index in [0.29, 0.717) is 30.3 Å². The fourth-order valence-electron chi connectivity index (χ4n) is 1.66. The number of ether oxygens (including phenoxy) is 1. The highest BCUT2D eigenvalue weighted by Crippen LogP contribution is 2.30.